The summed E-state index contributed by atoms with van der Waals surface area (Å²) in [6, 6.07) is 0.614. The van der Waals surface area contributed by atoms with Crippen LogP contribution in [0.25, 0.3) is 0 Å². The molecule has 1 aliphatic rings. The Bertz CT molecular complexity index is 532. The molecule has 0 radical (unpaired) electrons. The van der Waals surface area contributed by atoms with Gasteiger partial charge in [-0.1, -0.05) is 27.7 Å². The molecule has 35 heavy (non-hydrogen) atoms. The summed E-state index contributed by atoms with van der Waals surface area (Å²) in [5.41, 5.74) is 4.02. The summed E-state index contributed by atoms with van der Waals surface area (Å²) in [6.45, 7) is 12.1. The molecule has 15 heteroatoms. The van der Waals surface area contributed by atoms with Crippen LogP contribution in [-0.2, 0) is 14.3 Å². The van der Waals surface area contributed by atoms with Crippen molar-refractivity contribution < 1.29 is 42.9 Å². The molecule has 0 aliphatic carbocycles. The minimum absolute atomic E-state index is 0.151. The predicted octanol–water partition coefficient (Wildman–Crippen LogP) is -0.880. The molecule has 1 rings (SSSR count). The van der Waals surface area contributed by atoms with Gasteiger partial charge in [0.2, 0.25) is 5.91 Å². The Morgan fingerprint density at radius 2 is 1.66 bits per heavy atom. The van der Waals surface area contributed by atoms with E-state index in [1.54, 1.807) is 34.7 Å². The zero-order chi connectivity index (χ0) is 28.8. The third-order valence-electron chi connectivity index (χ3n) is 4.87. The molecule has 1 aliphatic heterocycles. The molecule has 1 heterocycles. The first kappa shape index (κ1) is 44.4. The maximum atomic E-state index is 11.5. The van der Waals surface area contributed by atoms with Crippen LogP contribution in [-0.4, -0.2) is 91.9 Å². The number of amides is 1. The number of ether oxygens (including phenoxy) is 1. The number of aliphatic hydroxyl groups excluding tert-OH is 3. The van der Waals surface area contributed by atoms with Crippen molar-refractivity contribution in [1.82, 2.24) is 16.0 Å². The van der Waals surface area contributed by atoms with Crippen LogP contribution in [0.2, 0.25) is 0 Å². The number of halogens is 5. The fourth-order valence-corrected chi connectivity index (χ4v) is 1.75. The predicted molar refractivity (Wildman–Crippen MR) is 173 cm³/mol. The molecular weight excluding hydrogens is 1030 g/mol. The Morgan fingerprint density at radius 3 is 1.86 bits per heavy atom. The molecule has 0 saturated carbocycles. The molecule has 0 aromatic carbocycles. The Labute approximate surface area is 264 Å². The van der Waals surface area contributed by atoms with Gasteiger partial charge >= 0.3 is 56.5 Å². The number of nitrogens with one attached hydrogen (secondary N) is 3. The number of carbonyl (C=O) groups is 2. The first-order valence-electron chi connectivity index (χ1n) is 10.6. The van der Waals surface area contributed by atoms with Crippen molar-refractivity contribution in [3.05, 3.63) is 0 Å². The Morgan fingerprint density at radius 1 is 1.23 bits per heavy atom. The normalized spacial score (nSPS) is 18.4. The van der Waals surface area contributed by atoms with E-state index in [0.717, 1.165) is 6.54 Å². The molecule has 0 spiro atoms. The number of cyclic esters (lactones) is 1. The Kier molecular flexibility index (Phi) is 33.7. The summed E-state index contributed by atoms with van der Waals surface area (Å²) in [5, 5.41) is 36.2. The van der Waals surface area contributed by atoms with Crippen molar-refractivity contribution in [2.45, 2.75) is 65.8 Å². The van der Waals surface area contributed by atoms with Crippen LogP contribution < -0.4 is 34.9 Å². The molecule has 1 amide bonds. The monoisotopic (exact) mass is 1070 g/mol. The van der Waals surface area contributed by atoms with Crippen LogP contribution in [0.15, 0.2) is 0 Å². The zero-order valence-corrected chi connectivity index (χ0v) is 32.5. The number of nitrogens with two attached hydrogens (primary N) is 1. The quantitative estimate of drug-likeness (QED) is 0.121. The van der Waals surface area contributed by atoms with Crippen molar-refractivity contribution in [3.63, 3.8) is 0 Å². The number of carbonyl (C=O) groups excluding carboxylic acids is 2. The average molecular weight is 1070 g/mol. The SMILES string of the molecule is CC1(C)COC(=O)C1O.CNC(C)CN.CNC(C)CNC(=O)C(O)C(C)(C)CO.II.I[I-]I. The van der Waals surface area contributed by atoms with Crippen molar-refractivity contribution >= 4 is 86.3 Å². The van der Waals surface area contributed by atoms with Gasteiger partial charge in [-0.3, -0.25) is 4.79 Å². The first-order chi connectivity index (χ1) is 16.1. The number of likely N-dealkylation sites (N-methyl/N-ethyl adjacent to an activating group) is 2. The van der Waals surface area contributed by atoms with Gasteiger partial charge in [0.1, 0.15) is 6.10 Å². The summed E-state index contributed by atoms with van der Waals surface area (Å²) < 4.78 is 4.59. The van der Waals surface area contributed by atoms with Gasteiger partial charge in [0.15, 0.2) is 6.10 Å². The molecule has 4 unspecified atom stereocenters. The van der Waals surface area contributed by atoms with E-state index in [0.29, 0.717) is 32.4 Å². The topological polar surface area (TPSA) is 166 Å². The van der Waals surface area contributed by atoms with Gasteiger partial charge in [0.25, 0.3) is 0 Å². The molecule has 1 fully saturated rings. The fourth-order valence-electron chi connectivity index (χ4n) is 1.75. The molecule has 4 atom stereocenters. The van der Waals surface area contributed by atoms with E-state index in [9.17, 15) is 14.7 Å². The van der Waals surface area contributed by atoms with Crippen LogP contribution in [0.4, 0.5) is 0 Å². The van der Waals surface area contributed by atoms with E-state index in [1.807, 2.05) is 20.9 Å². The van der Waals surface area contributed by atoms with E-state index in [-0.39, 0.29) is 12.6 Å². The van der Waals surface area contributed by atoms with Crippen LogP contribution in [0.3, 0.4) is 0 Å². The summed E-state index contributed by atoms with van der Waals surface area (Å²) in [5.74, 6) is -0.948. The van der Waals surface area contributed by atoms with E-state index in [1.165, 1.54) is 0 Å². The number of aliphatic hydroxyl groups is 3. The van der Waals surface area contributed by atoms with Crippen molar-refractivity contribution in [1.29, 1.82) is 0 Å². The molecule has 0 aromatic rings. The molecule has 1 saturated heterocycles. The number of hydrogen-bond donors (Lipinski definition) is 7. The number of hydrogen-bond acceptors (Lipinski definition) is 9. The molecule has 216 valence electrons. The first-order valence-corrected chi connectivity index (χ1v) is 29.4. The van der Waals surface area contributed by atoms with Gasteiger partial charge < -0.3 is 41.7 Å². The van der Waals surface area contributed by atoms with Gasteiger partial charge in [0.05, 0.1) is 13.2 Å². The molecule has 10 nitrogen and oxygen atoms in total. The van der Waals surface area contributed by atoms with Crippen LogP contribution in [0.5, 0.6) is 0 Å². The van der Waals surface area contributed by atoms with Crippen molar-refractivity contribution in [3.8, 4) is 0 Å². The molecular formula is C20H44I5N4O6-. The molecule has 0 aromatic heterocycles. The molecule has 0 bridgehead atoms. The van der Waals surface area contributed by atoms with Crippen LogP contribution >= 0.6 is 74.5 Å². The number of esters is 1. The van der Waals surface area contributed by atoms with Crippen molar-refractivity contribution in [2.75, 3.05) is 40.4 Å². The van der Waals surface area contributed by atoms with Gasteiger partial charge in [-0.15, -0.1) is 0 Å². The second-order valence-corrected chi connectivity index (χ2v) is 25.2. The summed E-state index contributed by atoms with van der Waals surface area (Å²) in [4.78, 5) is 22.0. The van der Waals surface area contributed by atoms with E-state index in [4.69, 9.17) is 15.9 Å². The van der Waals surface area contributed by atoms with Crippen LogP contribution in [0, 0.1) is 10.8 Å². The minimum atomic E-state index is -1.19. The van der Waals surface area contributed by atoms with E-state index in [2.05, 4.69) is 95.2 Å². The molecule has 8 N–H and O–H groups in total. The summed E-state index contributed by atoms with van der Waals surface area (Å²) in [7, 11) is 3.70. The van der Waals surface area contributed by atoms with E-state index < -0.39 is 34.9 Å². The van der Waals surface area contributed by atoms with Gasteiger partial charge in [-0.25, -0.2) is 4.79 Å². The maximum absolute atomic E-state index is 11.5. The third-order valence-corrected chi connectivity index (χ3v) is 4.87. The number of rotatable bonds is 8. The summed E-state index contributed by atoms with van der Waals surface area (Å²) >= 11 is 9.54. The second kappa shape index (κ2) is 26.6. The fraction of sp³-hybridized carbons (Fsp3) is 0.900. The standard InChI is InChI=1S/C10H22N2O3.C6H10O3.C4H12N2.I3.I2/c1-7(11-4)5-12-9(15)8(14)10(2,3)6-13;1-6(2)3-9-5(8)4(6)7;1-4(3-5)6-2;1-3-2;1-2/h7-8,11,13-14H,5-6H2,1-4H3,(H,12,15);4,7H,3H2,1-2H3;4,6H,3,5H2,1-2H3;;/q;;;-1;. The second-order valence-electron chi connectivity index (χ2n) is 8.96. The van der Waals surface area contributed by atoms with Crippen LogP contribution in [0.1, 0.15) is 41.5 Å². The zero-order valence-electron chi connectivity index (χ0n) is 21.7. The van der Waals surface area contributed by atoms with Crippen molar-refractivity contribution in [2.24, 2.45) is 16.6 Å². The average Bonchev–Trinajstić information content (AvgIpc) is 3.09. The summed E-state index contributed by atoms with van der Waals surface area (Å²) in [6.07, 6.45) is -2.12. The van der Waals surface area contributed by atoms with Gasteiger partial charge in [-0.2, -0.15) is 0 Å². The Hall–Kier alpha value is 2.35. The Balaban J connectivity index is -0.000000203. The van der Waals surface area contributed by atoms with E-state index >= 15 is 0 Å². The van der Waals surface area contributed by atoms with Gasteiger partial charge in [0, 0.05) is 73.2 Å². The van der Waals surface area contributed by atoms with Gasteiger partial charge in [-0.05, 0) is 27.9 Å². The third kappa shape index (κ3) is 23.9.